The van der Waals surface area contributed by atoms with Crippen molar-refractivity contribution in [3.05, 3.63) is 22.2 Å². The maximum atomic E-state index is 11.7. The third kappa shape index (κ3) is 4.35. The van der Waals surface area contributed by atoms with Crippen molar-refractivity contribution >= 4 is 21.8 Å². The molecule has 1 atom stereocenters. The van der Waals surface area contributed by atoms with Crippen LogP contribution in [0.2, 0.25) is 0 Å². The smallest absolute Gasteiger partial charge is 0.236 e. The fourth-order valence-corrected chi connectivity index (χ4v) is 2.68. The number of benzene rings is 1. The summed E-state index contributed by atoms with van der Waals surface area (Å²) < 4.78 is 12.3. The van der Waals surface area contributed by atoms with Crippen LogP contribution < -0.4 is 20.1 Å². The maximum absolute atomic E-state index is 11.7. The van der Waals surface area contributed by atoms with E-state index >= 15 is 0 Å². The molecule has 2 N–H and O–H groups in total. The van der Waals surface area contributed by atoms with E-state index in [4.69, 9.17) is 9.47 Å². The molecule has 1 amide bonds. The van der Waals surface area contributed by atoms with Gasteiger partial charge in [-0.2, -0.15) is 0 Å². The Balaban J connectivity index is 2.02. The van der Waals surface area contributed by atoms with E-state index < -0.39 is 0 Å². The highest BCUT2D eigenvalue weighted by Gasteiger charge is 2.16. The molecule has 1 aliphatic heterocycles. The molecule has 0 bridgehead atoms. The summed E-state index contributed by atoms with van der Waals surface area (Å²) in [5.74, 6) is 1.52. The monoisotopic (exact) mass is 356 g/mol. The quantitative estimate of drug-likeness (QED) is 0.849. The number of hydrogen-bond acceptors (Lipinski definition) is 4. The van der Waals surface area contributed by atoms with Crippen molar-refractivity contribution in [3.63, 3.8) is 0 Å². The van der Waals surface area contributed by atoms with Crippen molar-refractivity contribution in [2.75, 3.05) is 19.8 Å². The van der Waals surface area contributed by atoms with E-state index in [-0.39, 0.29) is 11.9 Å². The molecule has 5 nitrogen and oxygen atoms in total. The minimum absolute atomic E-state index is 0.00547. The Morgan fingerprint density at radius 1 is 1.38 bits per heavy atom. The van der Waals surface area contributed by atoms with Gasteiger partial charge in [-0.25, -0.2) is 0 Å². The van der Waals surface area contributed by atoms with E-state index in [0.29, 0.717) is 26.3 Å². The maximum Gasteiger partial charge on any atom is 0.236 e. The van der Waals surface area contributed by atoms with Crippen LogP contribution in [0.5, 0.6) is 11.5 Å². The zero-order valence-electron chi connectivity index (χ0n) is 12.4. The molecule has 0 saturated heterocycles. The Labute approximate surface area is 133 Å². The van der Waals surface area contributed by atoms with Crippen molar-refractivity contribution in [2.45, 2.75) is 32.9 Å². The molecular formula is C15H21BrN2O3. The third-order valence-electron chi connectivity index (χ3n) is 3.22. The predicted octanol–water partition coefficient (Wildman–Crippen LogP) is 2.22. The Morgan fingerprint density at radius 2 is 2.14 bits per heavy atom. The van der Waals surface area contributed by atoms with Gasteiger partial charge in [-0.15, -0.1) is 0 Å². The van der Waals surface area contributed by atoms with Crippen LogP contribution in [0.15, 0.2) is 16.6 Å². The lowest BCUT2D eigenvalue weighted by molar-refractivity contribution is -0.122. The van der Waals surface area contributed by atoms with E-state index in [9.17, 15) is 4.79 Å². The molecule has 21 heavy (non-hydrogen) atoms. The van der Waals surface area contributed by atoms with Gasteiger partial charge in [0, 0.05) is 19.5 Å². The first-order valence-electron chi connectivity index (χ1n) is 7.21. The summed E-state index contributed by atoms with van der Waals surface area (Å²) in [6.45, 7) is 6.31. The lowest BCUT2D eigenvalue weighted by Crippen LogP contribution is -2.41. The van der Waals surface area contributed by atoms with Crippen molar-refractivity contribution in [1.29, 1.82) is 0 Å². The minimum Gasteiger partial charge on any atom is -0.490 e. The number of ether oxygens (including phenoxy) is 2. The molecule has 1 aliphatic rings. The molecule has 1 unspecified atom stereocenters. The van der Waals surface area contributed by atoms with Crippen LogP contribution in [0, 0.1) is 0 Å². The molecule has 0 radical (unpaired) electrons. The van der Waals surface area contributed by atoms with E-state index in [1.807, 2.05) is 26.0 Å². The van der Waals surface area contributed by atoms with Gasteiger partial charge in [0.25, 0.3) is 0 Å². The Morgan fingerprint density at radius 3 is 2.90 bits per heavy atom. The molecule has 1 heterocycles. The van der Waals surface area contributed by atoms with Crippen molar-refractivity contribution in [3.8, 4) is 11.5 Å². The second kappa shape index (κ2) is 7.66. The average Bonchev–Trinajstić information content (AvgIpc) is 2.70. The van der Waals surface area contributed by atoms with Crippen LogP contribution in [-0.2, 0) is 11.3 Å². The zero-order chi connectivity index (χ0) is 15.2. The van der Waals surface area contributed by atoms with Gasteiger partial charge in [-0.1, -0.05) is 0 Å². The van der Waals surface area contributed by atoms with Gasteiger partial charge in [-0.05, 0) is 47.5 Å². The topological polar surface area (TPSA) is 59.6 Å². The van der Waals surface area contributed by atoms with Crippen molar-refractivity contribution < 1.29 is 14.3 Å². The number of carbonyl (C=O) groups excluding carboxylic acids is 1. The number of likely N-dealkylation sites (N-methyl/N-ethyl adjacent to an activating group) is 1. The van der Waals surface area contributed by atoms with Crippen molar-refractivity contribution in [2.24, 2.45) is 0 Å². The number of halogens is 1. The first-order chi connectivity index (χ1) is 10.1. The molecule has 0 spiro atoms. The second-order valence-corrected chi connectivity index (χ2v) is 5.81. The fourth-order valence-electron chi connectivity index (χ4n) is 2.08. The summed E-state index contributed by atoms with van der Waals surface area (Å²) in [6.07, 6.45) is 0.878. The van der Waals surface area contributed by atoms with Crippen LogP contribution in [-0.4, -0.2) is 31.7 Å². The van der Waals surface area contributed by atoms with Gasteiger partial charge in [0.15, 0.2) is 11.5 Å². The first kappa shape index (κ1) is 16.1. The number of carbonyl (C=O) groups is 1. The summed E-state index contributed by atoms with van der Waals surface area (Å²) in [7, 11) is 0. The number of rotatable bonds is 5. The average molecular weight is 357 g/mol. The summed E-state index contributed by atoms with van der Waals surface area (Å²) >= 11 is 3.52. The van der Waals surface area contributed by atoms with Crippen LogP contribution in [0.4, 0.5) is 0 Å². The van der Waals surface area contributed by atoms with Crippen LogP contribution in [0.25, 0.3) is 0 Å². The standard InChI is InChI=1S/C15H21BrN2O3/c1-3-17-15(19)10(2)18-9-11-7-12(16)14-13(8-11)20-5-4-6-21-14/h7-8,10,18H,3-6,9H2,1-2H3,(H,17,19). The molecule has 2 rings (SSSR count). The fraction of sp³-hybridized carbons (Fsp3) is 0.533. The van der Waals surface area contributed by atoms with Crippen LogP contribution >= 0.6 is 15.9 Å². The molecule has 0 fully saturated rings. The molecule has 6 heteroatoms. The second-order valence-electron chi connectivity index (χ2n) is 4.95. The highest BCUT2D eigenvalue weighted by molar-refractivity contribution is 9.10. The molecule has 116 valence electrons. The molecule has 0 saturated carbocycles. The van der Waals surface area contributed by atoms with Crippen LogP contribution in [0.1, 0.15) is 25.8 Å². The van der Waals surface area contributed by atoms with Crippen LogP contribution in [0.3, 0.4) is 0 Å². The molecule has 1 aromatic carbocycles. The molecule has 1 aromatic rings. The van der Waals surface area contributed by atoms with Gasteiger partial charge in [0.1, 0.15) is 0 Å². The highest BCUT2D eigenvalue weighted by Crippen LogP contribution is 2.38. The number of amides is 1. The lowest BCUT2D eigenvalue weighted by Gasteiger charge is -2.15. The van der Waals surface area contributed by atoms with Gasteiger partial charge < -0.3 is 20.1 Å². The summed E-state index contributed by atoms with van der Waals surface area (Å²) in [6, 6.07) is 3.72. The van der Waals surface area contributed by atoms with Crippen molar-refractivity contribution in [1.82, 2.24) is 10.6 Å². The molecule has 0 aliphatic carbocycles. The first-order valence-corrected chi connectivity index (χ1v) is 8.00. The van der Waals surface area contributed by atoms with Gasteiger partial charge in [-0.3, -0.25) is 4.79 Å². The zero-order valence-corrected chi connectivity index (χ0v) is 14.0. The normalized spacial score (nSPS) is 15.2. The van der Waals surface area contributed by atoms with Gasteiger partial charge in [0.2, 0.25) is 5.91 Å². The van der Waals surface area contributed by atoms with Gasteiger partial charge in [0.05, 0.1) is 23.7 Å². The number of fused-ring (bicyclic) bond motifs is 1. The third-order valence-corrected chi connectivity index (χ3v) is 3.81. The largest absolute Gasteiger partial charge is 0.490 e. The van der Waals surface area contributed by atoms with Gasteiger partial charge >= 0.3 is 0 Å². The van der Waals surface area contributed by atoms with E-state index in [0.717, 1.165) is 28.0 Å². The Kier molecular flexibility index (Phi) is 5.87. The lowest BCUT2D eigenvalue weighted by atomic mass is 10.2. The highest BCUT2D eigenvalue weighted by atomic mass is 79.9. The summed E-state index contributed by atoms with van der Waals surface area (Å²) in [5.41, 5.74) is 1.04. The molecule has 0 aromatic heterocycles. The number of hydrogen-bond donors (Lipinski definition) is 2. The Hall–Kier alpha value is -1.27. The Bertz CT molecular complexity index is 508. The number of nitrogens with one attached hydrogen (secondary N) is 2. The minimum atomic E-state index is -0.236. The predicted molar refractivity (Wildman–Crippen MR) is 84.7 cm³/mol. The van der Waals surface area contributed by atoms with E-state index in [1.165, 1.54) is 0 Å². The SMILES string of the molecule is CCNC(=O)C(C)NCc1cc(Br)c2c(c1)OCCCO2. The van der Waals surface area contributed by atoms with E-state index in [1.54, 1.807) is 0 Å². The molecular weight excluding hydrogens is 336 g/mol. The van der Waals surface area contributed by atoms with E-state index in [2.05, 4.69) is 26.6 Å². The summed E-state index contributed by atoms with van der Waals surface area (Å²) in [4.78, 5) is 11.7. The summed E-state index contributed by atoms with van der Waals surface area (Å²) in [5, 5.41) is 6.00.